The van der Waals surface area contributed by atoms with Crippen LogP contribution in [0.25, 0.3) is 0 Å². The lowest BCUT2D eigenvalue weighted by Crippen LogP contribution is -2.61. The summed E-state index contributed by atoms with van der Waals surface area (Å²) in [4.78, 5) is 93.0. The summed E-state index contributed by atoms with van der Waals surface area (Å²) in [6.45, 7) is 6.25. The van der Waals surface area contributed by atoms with Gasteiger partial charge >= 0.3 is 5.97 Å². The molecule has 0 saturated carbocycles. The molecule has 0 spiro atoms. The third kappa shape index (κ3) is 18.3. The molecule has 0 bridgehead atoms. The van der Waals surface area contributed by atoms with Crippen molar-refractivity contribution in [3.05, 3.63) is 0 Å². The molecule has 7 atom stereocenters. The minimum Gasteiger partial charge on any atom is -0.480 e. The van der Waals surface area contributed by atoms with Gasteiger partial charge in [0.05, 0.1) is 12.6 Å². The van der Waals surface area contributed by atoms with Crippen LogP contribution < -0.4 is 55.3 Å². The summed E-state index contributed by atoms with van der Waals surface area (Å²) in [6.07, 6.45) is 1.68. The van der Waals surface area contributed by atoms with Crippen LogP contribution in [0, 0.1) is 11.8 Å². The smallest absolute Gasteiger partial charge is 0.326 e. The molecular formula is C31H59N11O9. The molecule has 51 heavy (non-hydrogen) atoms. The first-order chi connectivity index (χ1) is 23.9. The Labute approximate surface area is 298 Å². The van der Waals surface area contributed by atoms with Crippen LogP contribution >= 0.6 is 0 Å². The van der Waals surface area contributed by atoms with E-state index in [1.807, 2.05) is 0 Å². The molecule has 0 unspecified atom stereocenters. The number of carbonyl (C=O) groups excluding carboxylic acids is 6. The van der Waals surface area contributed by atoms with E-state index in [-0.39, 0.29) is 38.2 Å². The Morgan fingerprint density at radius 2 is 1.24 bits per heavy atom. The van der Waals surface area contributed by atoms with Gasteiger partial charge in [0.25, 0.3) is 0 Å². The zero-order valence-electron chi connectivity index (χ0n) is 30.0. The minimum absolute atomic E-state index is 0.0106. The summed E-state index contributed by atoms with van der Waals surface area (Å²) in [6, 6.07) is -7.67. The lowest BCUT2D eigenvalue weighted by atomic mass is 9.97. The molecule has 0 aliphatic rings. The highest BCUT2D eigenvalue weighted by Gasteiger charge is 2.35. The number of rotatable bonds is 26. The Bertz CT molecular complexity index is 1200. The summed E-state index contributed by atoms with van der Waals surface area (Å²) in [5.41, 5.74) is 27.2. The highest BCUT2D eigenvalue weighted by Crippen LogP contribution is 2.11. The Morgan fingerprint density at radius 3 is 1.75 bits per heavy atom. The molecule has 0 aliphatic heterocycles. The maximum absolute atomic E-state index is 13.5. The molecule has 0 saturated heterocycles. The van der Waals surface area contributed by atoms with Crippen LogP contribution in [0.2, 0.25) is 0 Å². The molecule has 0 fully saturated rings. The topological polar surface area (TPSA) is 363 Å². The zero-order valence-corrected chi connectivity index (χ0v) is 30.0. The third-order valence-electron chi connectivity index (χ3n) is 8.03. The fourth-order valence-corrected chi connectivity index (χ4v) is 4.70. The van der Waals surface area contributed by atoms with Crippen LogP contribution in [0.3, 0.4) is 0 Å². The lowest BCUT2D eigenvalue weighted by Gasteiger charge is -2.29. The monoisotopic (exact) mass is 729 g/mol. The van der Waals surface area contributed by atoms with Crippen molar-refractivity contribution < 1.29 is 43.8 Å². The number of nitrogens with one attached hydrogen (secondary N) is 5. The molecule has 0 radical (unpaired) electrons. The molecule has 0 aromatic carbocycles. The number of carboxylic acids is 1. The summed E-state index contributed by atoms with van der Waals surface area (Å²) < 4.78 is 0. The van der Waals surface area contributed by atoms with Crippen molar-refractivity contribution >= 4 is 47.4 Å². The molecule has 20 heteroatoms. The number of aliphatic imine (C=N–C) groups is 1. The summed E-state index contributed by atoms with van der Waals surface area (Å²) in [5.74, 6) is -7.37. The van der Waals surface area contributed by atoms with Crippen LogP contribution in [-0.2, 0) is 33.6 Å². The van der Waals surface area contributed by atoms with Gasteiger partial charge in [-0.3, -0.25) is 33.8 Å². The highest BCUT2D eigenvalue weighted by molar-refractivity contribution is 5.96. The quantitative estimate of drug-likeness (QED) is 0.0229. The Kier molecular flexibility index (Phi) is 22.4. The number of carbonyl (C=O) groups is 7. The molecule has 20 nitrogen and oxygen atoms in total. The number of nitrogens with zero attached hydrogens (tertiary/aromatic N) is 1. The van der Waals surface area contributed by atoms with Gasteiger partial charge in [-0.15, -0.1) is 0 Å². The SMILES string of the molecule is CC[C@H](C)[C@H](NC(=O)[C@H](CCC(N)=O)NC(=O)[C@@H](N)CCCCN)C(=O)N[C@@H](CO)C(=O)N[C@H](C(=O)N[C@@H](CCCN=C(N)N)C(=O)O)C(C)C. The Balaban J connectivity index is 5.85. The first kappa shape index (κ1) is 46.4. The summed E-state index contributed by atoms with van der Waals surface area (Å²) in [7, 11) is 0. The average molecular weight is 730 g/mol. The standard InChI is InChI=1S/C31H59N11O9/c1-5-17(4)24(42-26(46)19(11-12-22(34)44)38-25(45)18(33)9-6-7-13-32)29(49)40-21(15-43)27(47)41-23(16(2)3)28(48)39-20(30(50)51)10-8-14-37-31(35)36/h16-21,23-24,43H,5-15,32-33H2,1-4H3,(H2,34,44)(H,38,45)(H,39,48)(H,40,49)(H,41,47)(H,42,46)(H,50,51)(H4,35,36,37)/t17-,18-,19-,20-,21-,23-,24-/m0/s1. The van der Waals surface area contributed by atoms with Crippen LogP contribution in [0.15, 0.2) is 4.99 Å². The summed E-state index contributed by atoms with van der Waals surface area (Å²) in [5, 5.41) is 31.9. The van der Waals surface area contributed by atoms with Crippen LogP contribution in [-0.4, -0.2) is 114 Å². The van der Waals surface area contributed by atoms with Gasteiger partial charge in [0.2, 0.25) is 35.4 Å². The number of amides is 6. The van der Waals surface area contributed by atoms with Crippen molar-refractivity contribution in [2.75, 3.05) is 19.7 Å². The minimum atomic E-state index is -1.58. The summed E-state index contributed by atoms with van der Waals surface area (Å²) >= 11 is 0. The van der Waals surface area contributed by atoms with Gasteiger partial charge in [0.15, 0.2) is 5.96 Å². The molecule has 0 aromatic heterocycles. The largest absolute Gasteiger partial charge is 0.480 e. The molecule has 292 valence electrons. The van der Waals surface area contributed by atoms with Gasteiger partial charge in [-0.1, -0.05) is 40.5 Å². The van der Waals surface area contributed by atoms with Gasteiger partial charge in [0.1, 0.15) is 30.2 Å². The van der Waals surface area contributed by atoms with Gasteiger partial charge in [-0.05, 0) is 50.5 Å². The molecule has 0 aliphatic carbocycles. The number of primary amides is 1. The van der Waals surface area contributed by atoms with E-state index in [4.69, 9.17) is 28.7 Å². The predicted octanol–water partition coefficient (Wildman–Crippen LogP) is -4.04. The van der Waals surface area contributed by atoms with E-state index < -0.39 is 96.1 Å². The van der Waals surface area contributed by atoms with Crippen LogP contribution in [0.1, 0.15) is 79.1 Å². The van der Waals surface area contributed by atoms with Gasteiger partial charge < -0.3 is 65.5 Å². The Morgan fingerprint density at radius 1 is 0.686 bits per heavy atom. The number of aliphatic hydroxyl groups is 1. The number of hydrogen-bond acceptors (Lipinski definition) is 11. The second-order valence-corrected chi connectivity index (χ2v) is 12.7. The fourth-order valence-electron chi connectivity index (χ4n) is 4.70. The van der Waals surface area contributed by atoms with Crippen molar-refractivity contribution in [3.8, 4) is 0 Å². The van der Waals surface area contributed by atoms with Crippen LogP contribution in [0.5, 0.6) is 0 Å². The number of aliphatic hydroxyl groups excluding tert-OH is 1. The maximum Gasteiger partial charge on any atom is 0.326 e. The number of carboxylic acid groups (broad SMARTS) is 1. The normalized spacial score (nSPS) is 15.1. The molecule has 0 heterocycles. The first-order valence-corrected chi connectivity index (χ1v) is 17.0. The number of hydrogen-bond donors (Lipinski definition) is 12. The maximum atomic E-state index is 13.5. The van der Waals surface area contributed by atoms with Crippen molar-refractivity contribution in [3.63, 3.8) is 0 Å². The van der Waals surface area contributed by atoms with E-state index in [1.165, 1.54) is 0 Å². The highest BCUT2D eigenvalue weighted by atomic mass is 16.4. The average Bonchev–Trinajstić information content (AvgIpc) is 3.06. The van der Waals surface area contributed by atoms with Crippen molar-refractivity contribution in [1.82, 2.24) is 26.6 Å². The molecule has 17 N–H and O–H groups in total. The van der Waals surface area contributed by atoms with E-state index >= 15 is 0 Å². The first-order valence-electron chi connectivity index (χ1n) is 17.0. The molecule has 0 rings (SSSR count). The number of nitrogens with two attached hydrogens (primary N) is 5. The van der Waals surface area contributed by atoms with E-state index in [0.717, 1.165) is 0 Å². The van der Waals surface area contributed by atoms with E-state index in [2.05, 4.69) is 31.6 Å². The molecule has 6 amide bonds. The van der Waals surface area contributed by atoms with Gasteiger partial charge in [-0.25, -0.2) is 4.79 Å². The Hall–Kier alpha value is -4.56. The number of unbranched alkanes of at least 4 members (excludes halogenated alkanes) is 1. The molecular weight excluding hydrogens is 670 g/mol. The molecule has 0 aromatic rings. The van der Waals surface area contributed by atoms with Crippen molar-refractivity contribution in [2.45, 2.75) is 115 Å². The second kappa shape index (κ2) is 24.6. The van der Waals surface area contributed by atoms with Crippen molar-refractivity contribution in [1.29, 1.82) is 0 Å². The predicted molar refractivity (Wildman–Crippen MR) is 188 cm³/mol. The fraction of sp³-hybridized carbons (Fsp3) is 0.742. The number of aliphatic carboxylic acids is 1. The number of guanidine groups is 1. The van der Waals surface area contributed by atoms with E-state index in [0.29, 0.717) is 32.2 Å². The van der Waals surface area contributed by atoms with E-state index in [9.17, 15) is 43.8 Å². The van der Waals surface area contributed by atoms with Crippen molar-refractivity contribution in [2.24, 2.45) is 45.5 Å². The van der Waals surface area contributed by atoms with Crippen LogP contribution in [0.4, 0.5) is 0 Å². The lowest BCUT2D eigenvalue weighted by molar-refractivity contribution is -0.143. The third-order valence-corrected chi connectivity index (χ3v) is 8.03. The van der Waals surface area contributed by atoms with Gasteiger partial charge in [0, 0.05) is 13.0 Å². The van der Waals surface area contributed by atoms with E-state index in [1.54, 1.807) is 27.7 Å². The van der Waals surface area contributed by atoms with Gasteiger partial charge in [-0.2, -0.15) is 0 Å². The second-order valence-electron chi connectivity index (χ2n) is 12.7. The zero-order chi connectivity index (χ0) is 39.3.